The van der Waals surface area contributed by atoms with Crippen molar-refractivity contribution in [2.75, 3.05) is 30.3 Å². The number of rotatable bonds is 7. The number of sulfonamides is 1. The van der Waals surface area contributed by atoms with Crippen LogP contribution in [0.15, 0.2) is 42.6 Å². The van der Waals surface area contributed by atoms with E-state index in [4.69, 9.17) is 9.47 Å². The Morgan fingerprint density at radius 1 is 1.19 bits per heavy atom. The zero-order chi connectivity index (χ0) is 19.3. The van der Waals surface area contributed by atoms with Gasteiger partial charge in [-0.15, -0.1) is 0 Å². The van der Waals surface area contributed by atoms with Gasteiger partial charge in [0.15, 0.2) is 11.5 Å². The smallest absolute Gasteiger partial charge is 0.232 e. The lowest BCUT2D eigenvalue weighted by Crippen LogP contribution is -2.34. The fourth-order valence-corrected chi connectivity index (χ4v) is 3.58. The highest BCUT2D eigenvalue weighted by Crippen LogP contribution is 2.34. The van der Waals surface area contributed by atoms with Crippen LogP contribution in [0.3, 0.4) is 0 Å². The number of carbonyl (C=O) groups excluding carboxylic acids is 1. The number of nitrogens with one attached hydrogen (secondary N) is 1. The Morgan fingerprint density at radius 3 is 2.67 bits per heavy atom. The summed E-state index contributed by atoms with van der Waals surface area (Å²) < 4.78 is 36.6. The lowest BCUT2D eigenvalue weighted by atomic mass is 10.2. The number of fused-ring (bicyclic) bond motifs is 1. The van der Waals surface area contributed by atoms with Crippen molar-refractivity contribution >= 4 is 21.6 Å². The van der Waals surface area contributed by atoms with Gasteiger partial charge in [-0.05, 0) is 24.3 Å². The number of pyridine rings is 1. The van der Waals surface area contributed by atoms with Gasteiger partial charge in [-0.25, -0.2) is 8.42 Å². The summed E-state index contributed by atoms with van der Waals surface area (Å²) in [6.45, 7) is 1.18. The summed E-state index contributed by atoms with van der Waals surface area (Å²) in [7, 11) is -3.56. The van der Waals surface area contributed by atoms with Crippen molar-refractivity contribution in [3.63, 3.8) is 0 Å². The Morgan fingerprint density at radius 2 is 1.96 bits per heavy atom. The molecule has 27 heavy (non-hydrogen) atoms. The van der Waals surface area contributed by atoms with Gasteiger partial charge in [0.2, 0.25) is 15.9 Å². The maximum Gasteiger partial charge on any atom is 0.232 e. The van der Waals surface area contributed by atoms with E-state index in [2.05, 4.69) is 10.3 Å². The molecule has 8 nitrogen and oxygen atoms in total. The molecule has 0 spiro atoms. The van der Waals surface area contributed by atoms with Crippen LogP contribution in [0.5, 0.6) is 11.5 Å². The van der Waals surface area contributed by atoms with Crippen molar-refractivity contribution < 1.29 is 22.7 Å². The van der Waals surface area contributed by atoms with Crippen molar-refractivity contribution in [2.45, 2.75) is 13.0 Å². The summed E-state index contributed by atoms with van der Waals surface area (Å²) in [4.78, 5) is 16.2. The second-order valence-corrected chi connectivity index (χ2v) is 7.92. The fraction of sp³-hybridized carbons (Fsp3) is 0.333. The molecule has 9 heteroatoms. The molecular weight excluding hydrogens is 370 g/mol. The predicted octanol–water partition coefficient (Wildman–Crippen LogP) is 1.33. The van der Waals surface area contributed by atoms with Gasteiger partial charge in [-0.1, -0.05) is 6.07 Å². The van der Waals surface area contributed by atoms with Crippen LogP contribution in [0, 0.1) is 0 Å². The molecule has 144 valence electrons. The van der Waals surface area contributed by atoms with Gasteiger partial charge in [0.25, 0.3) is 0 Å². The molecule has 0 unspecified atom stereocenters. The average Bonchev–Trinajstić information content (AvgIpc) is 2.66. The predicted molar refractivity (Wildman–Crippen MR) is 100 cm³/mol. The summed E-state index contributed by atoms with van der Waals surface area (Å²) >= 11 is 0. The van der Waals surface area contributed by atoms with E-state index >= 15 is 0 Å². The third-order valence-corrected chi connectivity index (χ3v) is 5.14. The molecule has 0 fully saturated rings. The molecule has 0 bridgehead atoms. The van der Waals surface area contributed by atoms with Crippen LogP contribution in [0.2, 0.25) is 0 Å². The lowest BCUT2D eigenvalue weighted by Gasteiger charge is -2.25. The maximum absolute atomic E-state index is 12.2. The molecule has 0 radical (unpaired) electrons. The van der Waals surface area contributed by atoms with Crippen LogP contribution in [0.25, 0.3) is 0 Å². The van der Waals surface area contributed by atoms with E-state index in [0.717, 1.165) is 11.9 Å². The molecule has 1 amide bonds. The van der Waals surface area contributed by atoms with Gasteiger partial charge in [0.1, 0.15) is 13.2 Å². The van der Waals surface area contributed by atoms with E-state index < -0.39 is 10.0 Å². The molecule has 1 aromatic heterocycles. The summed E-state index contributed by atoms with van der Waals surface area (Å²) in [5.41, 5.74) is 1.16. The average molecular weight is 391 g/mol. The summed E-state index contributed by atoms with van der Waals surface area (Å²) in [6.07, 6.45) is 2.78. The van der Waals surface area contributed by atoms with Crippen molar-refractivity contribution in [1.29, 1.82) is 0 Å². The van der Waals surface area contributed by atoms with E-state index in [0.29, 0.717) is 36.9 Å². The highest BCUT2D eigenvalue weighted by molar-refractivity contribution is 7.92. The minimum atomic E-state index is -3.56. The quantitative estimate of drug-likeness (QED) is 0.765. The molecule has 1 aliphatic rings. The fourth-order valence-electron chi connectivity index (χ4n) is 2.66. The molecule has 0 aliphatic carbocycles. The van der Waals surface area contributed by atoms with Gasteiger partial charge in [-0.3, -0.25) is 14.1 Å². The molecule has 1 aromatic carbocycles. The van der Waals surface area contributed by atoms with Crippen LogP contribution in [0.4, 0.5) is 5.69 Å². The number of carbonyl (C=O) groups is 1. The van der Waals surface area contributed by atoms with Gasteiger partial charge in [-0.2, -0.15) is 0 Å². The van der Waals surface area contributed by atoms with Crippen molar-refractivity contribution in [3.8, 4) is 11.5 Å². The summed E-state index contributed by atoms with van der Waals surface area (Å²) in [5, 5.41) is 2.74. The van der Waals surface area contributed by atoms with Gasteiger partial charge < -0.3 is 14.8 Å². The molecule has 1 N–H and O–H groups in total. The normalized spacial score (nSPS) is 13.1. The van der Waals surface area contributed by atoms with Crippen LogP contribution in [-0.4, -0.2) is 45.3 Å². The van der Waals surface area contributed by atoms with Crippen LogP contribution in [0.1, 0.15) is 12.1 Å². The second kappa shape index (κ2) is 8.26. The molecule has 2 aromatic rings. The van der Waals surface area contributed by atoms with E-state index in [1.807, 2.05) is 6.07 Å². The summed E-state index contributed by atoms with van der Waals surface area (Å²) in [6, 6.07) is 10.4. The summed E-state index contributed by atoms with van der Waals surface area (Å²) in [5.74, 6) is 0.811. The second-order valence-electron chi connectivity index (χ2n) is 6.01. The number of hydrogen-bond acceptors (Lipinski definition) is 6. The van der Waals surface area contributed by atoms with Gasteiger partial charge >= 0.3 is 0 Å². The zero-order valence-corrected chi connectivity index (χ0v) is 15.7. The monoisotopic (exact) mass is 391 g/mol. The van der Waals surface area contributed by atoms with Crippen LogP contribution in [-0.2, 0) is 21.4 Å². The van der Waals surface area contributed by atoms with Gasteiger partial charge in [0.05, 0.1) is 24.2 Å². The van der Waals surface area contributed by atoms with Crippen molar-refractivity contribution in [2.24, 2.45) is 0 Å². The van der Waals surface area contributed by atoms with E-state index in [-0.39, 0.29) is 18.9 Å². The molecule has 1 aliphatic heterocycles. The minimum Gasteiger partial charge on any atom is -0.486 e. The lowest BCUT2D eigenvalue weighted by molar-refractivity contribution is -0.121. The Kier molecular flexibility index (Phi) is 5.80. The van der Waals surface area contributed by atoms with Crippen molar-refractivity contribution in [1.82, 2.24) is 10.3 Å². The Hall–Kier alpha value is -2.81. The molecular formula is C18H21N3O5S. The first kappa shape index (κ1) is 19.0. The Labute approximate surface area is 158 Å². The first-order chi connectivity index (χ1) is 12.9. The molecule has 2 heterocycles. The topological polar surface area (TPSA) is 97.8 Å². The number of anilines is 1. The third-order valence-electron chi connectivity index (χ3n) is 3.95. The number of hydrogen-bond donors (Lipinski definition) is 1. The highest BCUT2D eigenvalue weighted by Gasteiger charge is 2.21. The van der Waals surface area contributed by atoms with E-state index in [1.165, 1.54) is 4.31 Å². The number of ether oxygens (including phenoxy) is 2. The molecule has 0 saturated carbocycles. The van der Waals surface area contributed by atoms with Crippen molar-refractivity contribution in [3.05, 3.63) is 48.3 Å². The number of nitrogens with zero attached hydrogens (tertiary/aromatic N) is 2. The molecule has 0 saturated heterocycles. The van der Waals surface area contributed by atoms with Crippen LogP contribution >= 0.6 is 0 Å². The highest BCUT2D eigenvalue weighted by atomic mass is 32.2. The largest absolute Gasteiger partial charge is 0.486 e. The van der Waals surface area contributed by atoms with E-state index in [1.54, 1.807) is 36.5 Å². The number of amides is 1. The first-order valence-electron chi connectivity index (χ1n) is 8.47. The first-order valence-corrected chi connectivity index (χ1v) is 10.3. The Balaban J connectivity index is 1.64. The third kappa shape index (κ3) is 5.10. The molecule has 0 atom stereocenters. The standard InChI is InChI=1S/C18H21N3O5S/c1-27(23,24)21(15-5-6-16-17(12-15)26-11-10-25-16)9-7-18(22)20-13-14-4-2-3-8-19-14/h2-6,8,12H,7,9-11,13H2,1H3,(H,20,22). The number of aromatic nitrogens is 1. The van der Waals surface area contributed by atoms with Gasteiger partial charge in [0, 0.05) is 25.2 Å². The number of benzene rings is 1. The van der Waals surface area contributed by atoms with E-state index in [9.17, 15) is 13.2 Å². The Bertz CT molecular complexity index is 902. The molecule has 3 rings (SSSR count). The zero-order valence-electron chi connectivity index (χ0n) is 14.9. The minimum absolute atomic E-state index is 0.0204. The maximum atomic E-state index is 12.2. The van der Waals surface area contributed by atoms with Crippen LogP contribution < -0.4 is 19.1 Å². The SMILES string of the molecule is CS(=O)(=O)N(CCC(=O)NCc1ccccn1)c1ccc2c(c1)OCCO2.